The molecule has 1 aliphatic heterocycles. The summed E-state index contributed by atoms with van der Waals surface area (Å²) in [5.74, 6) is -0.379. The lowest BCUT2D eigenvalue weighted by Gasteiger charge is -2.34. The van der Waals surface area contributed by atoms with Gasteiger partial charge in [-0.1, -0.05) is 19.1 Å². The van der Waals surface area contributed by atoms with Crippen LogP contribution in [0.2, 0.25) is 0 Å². The average molecular weight is 330 g/mol. The highest BCUT2D eigenvalue weighted by atomic mass is 16.4. The lowest BCUT2D eigenvalue weighted by Crippen LogP contribution is -2.49. The van der Waals surface area contributed by atoms with Crippen molar-refractivity contribution in [1.82, 2.24) is 19.8 Å². The number of carbonyl (C=O) groups is 2. The first-order valence-corrected chi connectivity index (χ1v) is 8.11. The summed E-state index contributed by atoms with van der Waals surface area (Å²) in [6.07, 6.45) is 0.615. The third-order valence-corrected chi connectivity index (χ3v) is 4.57. The van der Waals surface area contributed by atoms with E-state index in [1.54, 1.807) is 4.90 Å². The van der Waals surface area contributed by atoms with Crippen molar-refractivity contribution in [2.24, 2.45) is 18.9 Å². The average Bonchev–Trinajstić information content (AvgIpc) is 2.88. The van der Waals surface area contributed by atoms with Crippen LogP contribution in [0.5, 0.6) is 0 Å². The van der Waals surface area contributed by atoms with Crippen molar-refractivity contribution < 1.29 is 14.7 Å². The normalized spacial score (nSPS) is 21.0. The van der Waals surface area contributed by atoms with Crippen molar-refractivity contribution in [3.8, 4) is 0 Å². The van der Waals surface area contributed by atoms with Gasteiger partial charge in [0.15, 0.2) is 0 Å². The Labute approximate surface area is 140 Å². The SMILES string of the molecule is CC1CC(C(=O)O)CN(C(=O)NCc2nc3ccccc3n2C)C1. The van der Waals surface area contributed by atoms with Crippen molar-refractivity contribution in [2.75, 3.05) is 13.1 Å². The van der Waals surface area contributed by atoms with Gasteiger partial charge in [0, 0.05) is 20.1 Å². The van der Waals surface area contributed by atoms with Crippen LogP contribution < -0.4 is 5.32 Å². The number of fused-ring (bicyclic) bond motifs is 1. The third kappa shape index (κ3) is 3.20. The van der Waals surface area contributed by atoms with Gasteiger partial charge in [-0.2, -0.15) is 0 Å². The summed E-state index contributed by atoms with van der Waals surface area (Å²) in [6, 6.07) is 7.56. The molecule has 1 aromatic heterocycles. The number of hydrogen-bond acceptors (Lipinski definition) is 3. The molecule has 2 N–H and O–H groups in total. The molecule has 2 aromatic rings. The number of imidazole rings is 1. The van der Waals surface area contributed by atoms with E-state index in [4.69, 9.17) is 0 Å². The fourth-order valence-electron chi connectivity index (χ4n) is 3.32. The standard InChI is InChI=1S/C17H22N4O3/c1-11-7-12(16(22)23)10-21(9-11)17(24)18-8-15-19-13-5-3-4-6-14(13)20(15)2/h3-6,11-12H,7-10H2,1-2H3,(H,18,24)(H,22,23). The molecule has 24 heavy (non-hydrogen) atoms. The van der Waals surface area contributed by atoms with Crippen molar-refractivity contribution in [1.29, 1.82) is 0 Å². The van der Waals surface area contributed by atoms with Crippen molar-refractivity contribution in [3.63, 3.8) is 0 Å². The Balaban J connectivity index is 1.66. The molecule has 7 nitrogen and oxygen atoms in total. The Hall–Kier alpha value is -2.57. The second-order valence-corrected chi connectivity index (χ2v) is 6.52. The van der Waals surface area contributed by atoms with Gasteiger partial charge in [-0.3, -0.25) is 4.79 Å². The van der Waals surface area contributed by atoms with Crippen molar-refractivity contribution in [3.05, 3.63) is 30.1 Å². The molecule has 1 aliphatic rings. The predicted octanol–water partition coefficient (Wildman–Crippen LogP) is 1.83. The van der Waals surface area contributed by atoms with Crippen LogP contribution >= 0.6 is 0 Å². The van der Waals surface area contributed by atoms with E-state index >= 15 is 0 Å². The Morgan fingerprint density at radius 3 is 2.79 bits per heavy atom. The van der Waals surface area contributed by atoms with Gasteiger partial charge in [-0.05, 0) is 24.5 Å². The maximum Gasteiger partial charge on any atom is 0.317 e. The number of aryl methyl sites for hydroxylation is 1. The topological polar surface area (TPSA) is 87.5 Å². The summed E-state index contributed by atoms with van der Waals surface area (Å²) in [7, 11) is 1.92. The second-order valence-electron chi connectivity index (χ2n) is 6.52. The van der Waals surface area contributed by atoms with Crippen LogP contribution in [0.25, 0.3) is 11.0 Å². The number of carboxylic acid groups (broad SMARTS) is 1. The van der Waals surface area contributed by atoms with E-state index in [1.807, 2.05) is 42.8 Å². The number of likely N-dealkylation sites (tertiary alicyclic amines) is 1. The first-order valence-electron chi connectivity index (χ1n) is 8.11. The van der Waals surface area contributed by atoms with Gasteiger partial charge < -0.3 is 19.9 Å². The number of urea groups is 1. The van der Waals surface area contributed by atoms with Gasteiger partial charge in [-0.15, -0.1) is 0 Å². The molecule has 7 heteroatoms. The Morgan fingerprint density at radius 2 is 2.08 bits per heavy atom. The summed E-state index contributed by atoms with van der Waals surface area (Å²) < 4.78 is 1.95. The minimum absolute atomic E-state index is 0.182. The summed E-state index contributed by atoms with van der Waals surface area (Å²) in [5.41, 5.74) is 1.90. The lowest BCUT2D eigenvalue weighted by atomic mass is 9.91. The summed E-state index contributed by atoms with van der Waals surface area (Å²) in [4.78, 5) is 29.7. The number of rotatable bonds is 3. The maximum atomic E-state index is 12.4. The number of nitrogens with zero attached hydrogens (tertiary/aromatic N) is 3. The minimum Gasteiger partial charge on any atom is -0.481 e. The third-order valence-electron chi connectivity index (χ3n) is 4.57. The highest BCUT2D eigenvalue weighted by Gasteiger charge is 2.31. The highest BCUT2D eigenvalue weighted by Crippen LogP contribution is 2.22. The monoisotopic (exact) mass is 330 g/mol. The predicted molar refractivity (Wildman–Crippen MR) is 89.4 cm³/mol. The number of nitrogens with one attached hydrogen (secondary N) is 1. The fourth-order valence-corrected chi connectivity index (χ4v) is 3.32. The molecule has 0 bridgehead atoms. The van der Waals surface area contributed by atoms with Crippen molar-refractivity contribution >= 4 is 23.0 Å². The van der Waals surface area contributed by atoms with Crippen LogP contribution in [-0.4, -0.2) is 44.6 Å². The molecule has 3 rings (SSSR count). The molecule has 0 radical (unpaired) electrons. The van der Waals surface area contributed by atoms with Gasteiger partial charge in [0.1, 0.15) is 5.82 Å². The van der Waals surface area contributed by atoms with Crippen LogP contribution in [0.3, 0.4) is 0 Å². The fraction of sp³-hybridized carbons (Fsp3) is 0.471. The maximum absolute atomic E-state index is 12.4. The van der Waals surface area contributed by atoms with E-state index in [2.05, 4.69) is 10.3 Å². The summed E-state index contributed by atoms with van der Waals surface area (Å²) in [5, 5.41) is 12.1. The number of hydrogen-bond donors (Lipinski definition) is 2. The zero-order valence-electron chi connectivity index (χ0n) is 13.9. The molecule has 2 unspecified atom stereocenters. The van der Waals surface area contributed by atoms with E-state index < -0.39 is 11.9 Å². The van der Waals surface area contributed by atoms with E-state index in [1.165, 1.54) is 0 Å². The van der Waals surface area contributed by atoms with Crippen LogP contribution in [-0.2, 0) is 18.4 Å². The number of aliphatic carboxylic acids is 1. The summed E-state index contributed by atoms with van der Waals surface area (Å²) in [6.45, 7) is 3.12. The molecular weight excluding hydrogens is 308 g/mol. The van der Waals surface area contributed by atoms with E-state index in [9.17, 15) is 14.7 Å². The van der Waals surface area contributed by atoms with E-state index in [0.29, 0.717) is 19.5 Å². The molecule has 2 amide bonds. The molecule has 0 aliphatic carbocycles. The van der Waals surface area contributed by atoms with Crippen LogP contribution in [0.1, 0.15) is 19.2 Å². The number of benzene rings is 1. The quantitative estimate of drug-likeness (QED) is 0.899. The molecule has 1 fully saturated rings. The Morgan fingerprint density at radius 1 is 1.33 bits per heavy atom. The lowest BCUT2D eigenvalue weighted by molar-refractivity contribution is -0.143. The van der Waals surface area contributed by atoms with Gasteiger partial charge in [0.25, 0.3) is 0 Å². The Bertz CT molecular complexity index is 770. The minimum atomic E-state index is -0.838. The zero-order valence-corrected chi connectivity index (χ0v) is 13.9. The number of aromatic nitrogens is 2. The molecule has 2 atom stereocenters. The van der Waals surface area contributed by atoms with Gasteiger partial charge in [0.2, 0.25) is 0 Å². The molecule has 0 spiro atoms. The molecule has 0 saturated carbocycles. The number of para-hydroxylation sites is 2. The second kappa shape index (κ2) is 6.51. The van der Waals surface area contributed by atoms with Crippen LogP contribution in [0.15, 0.2) is 24.3 Å². The molecular formula is C17H22N4O3. The van der Waals surface area contributed by atoms with E-state index in [-0.39, 0.29) is 18.5 Å². The molecule has 1 aromatic carbocycles. The number of carboxylic acids is 1. The Kier molecular flexibility index (Phi) is 4.42. The molecule has 1 saturated heterocycles. The van der Waals surface area contributed by atoms with E-state index in [0.717, 1.165) is 16.9 Å². The largest absolute Gasteiger partial charge is 0.481 e. The van der Waals surface area contributed by atoms with Crippen molar-refractivity contribution in [2.45, 2.75) is 19.9 Å². The van der Waals surface area contributed by atoms with Crippen LogP contribution in [0, 0.1) is 11.8 Å². The molecule has 128 valence electrons. The number of carbonyl (C=O) groups excluding carboxylic acids is 1. The van der Waals surface area contributed by atoms with Crippen LogP contribution in [0.4, 0.5) is 4.79 Å². The summed E-state index contributed by atoms with van der Waals surface area (Å²) >= 11 is 0. The van der Waals surface area contributed by atoms with Gasteiger partial charge >= 0.3 is 12.0 Å². The smallest absolute Gasteiger partial charge is 0.317 e. The number of amides is 2. The number of piperidine rings is 1. The first-order chi connectivity index (χ1) is 11.5. The van der Waals surface area contributed by atoms with Gasteiger partial charge in [0.05, 0.1) is 23.5 Å². The first kappa shape index (κ1) is 16.3. The zero-order chi connectivity index (χ0) is 17.3. The highest BCUT2D eigenvalue weighted by molar-refractivity contribution is 5.77. The molecule has 2 heterocycles. The van der Waals surface area contributed by atoms with Gasteiger partial charge in [-0.25, -0.2) is 9.78 Å².